The molecule has 2 amide bonds. The second-order valence-electron chi connectivity index (χ2n) is 4.50. The van der Waals surface area contributed by atoms with Crippen molar-refractivity contribution < 1.29 is 24.2 Å². The van der Waals surface area contributed by atoms with Gasteiger partial charge in [0.1, 0.15) is 6.04 Å². The van der Waals surface area contributed by atoms with Gasteiger partial charge in [-0.05, 0) is 19.3 Å². The number of carboxylic acid groups (broad SMARTS) is 1. The first-order chi connectivity index (χ1) is 9.13. The molecule has 0 spiro atoms. The Balaban J connectivity index is 2.17. The van der Waals surface area contributed by atoms with E-state index in [0.717, 1.165) is 25.9 Å². The highest BCUT2D eigenvalue weighted by atomic mass is 16.5. The average molecular weight is 274 g/mol. The van der Waals surface area contributed by atoms with Crippen LogP contribution < -0.4 is 10.6 Å². The van der Waals surface area contributed by atoms with Gasteiger partial charge in [0, 0.05) is 33.3 Å². The fourth-order valence-corrected chi connectivity index (χ4v) is 1.92. The molecule has 0 aliphatic carbocycles. The molecule has 1 heterocycles. The summed E-state index contributed by atoms with van der Waals surface area (Å²) in [7, 11) is 1.49. The van der Waals surface area contributed by atoms with E-state index in [-0.39, 0.29) is 19.1 Å². The second-order valence-corrected chi connectivity index (χ2v) is 4.50. The van der Waals surface area contributed by atoms with E-state index in [4.69, 9.17) is 14.6 Å². The molecule has 1 aliphatic rings. The van der Waals surface area contributed by atoms with E-state index >= 15 is 0 Å². The van der Waals surface area contributed by atoms with Crippen LogP contribution in [0.3, 0.4) is 0 Å². The quantitative estimate of drug-likeness (QED) is 0.593. The number of hydrogen-bond donors (Lipinski definition) is 3. The van der Waals surface area contributed by atoms with Crippen LogP contribution in [0.4, 0.5) is 4.79 Å². The maximum absolute atomic E-state index is 11.5. The van der Waals surface area contributed by atoms with Crippen LogP contribution in [0.5, 0.6) is 0 Å². The van der Waals surface area contributed by atoms with E-state index in [2.05, 4.69) is 10.6 Å². The summed E-state index contributed by atoms with van der Waals surface area (Å²) in [5.41, 5.74) is 0. The fourth-order valence-electron chi connectivity index (χ4n) is 1.92. The van der Waals surface area contributed by atoms with Gasteiger partial charge in [0.25, 0.3) is 0 Å². The molecule has 2 atom stereocenters. The average Bonchev–Trinajstić information content (AvgIpc) is 2.87. The number of carbonyl (C=O) groups is 2. The number of methoxy groups -OCH3 is 1. The minimum Gasteiger partial charge on any atom is -0.480 e. The predicted molar refractivity (Wildman–Crippen MR) is 68.0 cm³/mol. The largest absolute Gasteiger partial charge is 0.480 e. The summed E-state index contributed by atoms with van der Waals surface area (Å²) in [5.74, 6) is -1.06. The second kappa shape index (κ2) is 8.71. The normalized spacial score (nSPS) is 19.9. The molecule has 1 fully saturated rings. The van der Waals surface area contributed by atoms with Gasteiger partial charge in [-0.2, -0.15) is 0 Å². The van der Waals surface area contributed by atoms with Crippen LogP contribution in [0.15, 0.2) is 0 Å². The van der Waals surface area contributed by atoms with Gasteiger partial charge < -0.3 is 25.2 Å². The Labute approximate surface area is 112 Å². The Kier molecular flexibility index (Phi) is 7.20. The Morgan fingerprint density at radius 3 is 2.89 bits per heavy atom. The first kappa shape index (κ1) is 15.7. The predicted octanol–water partition coefficient (Wildman–Crippen LogP) is 0.344. The lowest BCUT2D eigenvalue weighted by Crippen LogP contribution is -2.46. The summed E-state index contributed by atoms with van der Waals surface area (Å²) in [5, 5.41) is 14.0. The SMILES string of the molecule is COCCC(NC(=O)NCCC1CCCO1)C(=O)O. The zero-order valence-corrected chi connectivity index (χ0v) is 11.2. The Hall–Kier alpha value is -1.34. The number of carbonyl (C=O) groups excluding carboxylic acids is 1. The van der Waals surface area contributed by atoms with Gasteiger partial charge >= 0.3 is 12.0 Å². The van der Waals surface area contributed by atoms with Gasteiger partial charge in [-0.15, -0.1) is 0 Å². The number of nitrogens with one attached hydrogen (secondary N) is 2. The van der Waals surface area contributed by atoms with Crippen LogP contribution in [-0.4, -0.2) is 56.1 Å². The van der Waals surface area contributed by atoms with Gasteiger partial charge in [-0.3, -0.25) is 0 Å². The molecule has 1 saturated heterocycles. The maximum atomic E-state index is 11.5. The van der Waals surface area contributed by atoms with E-state index in [1.165, 1.54) is 7.11 Å². The molecule has 3 N–H and O–H groups in total. The third-order valence-electron chi connectivity index (χ3n) is 2.99. The first-order valence-electron chi connectivity index (χ1n) is 6.51. The molecule has 0 radical (unpaired) electrons. The zero-order chi connectivity index (χ0) is 14.1. The highest BCUT2D eigenvalue weighted by Gasteiger charge is 2.20. The van der Waals surface area contributed by atoms with Crippen LogP contribution in [0.25, 0.3) is 0 Å². The molecule has 2 unspecified atom stereocenters. The Morgan fingerprint density at radius 1 is 1.53 bits per heavy atom. The van der Waals surface area contributed by atoms with Crippen LogP contribution >= 0.6 is 0 Å². The Bertz CT molecular complexity index is 292. The maximum Gasteiger partial charge on any atom is 0.326 e. The monoisotopic (exact) mass is 274 g/mol. The molecule has 0 aromatic rings. The highest BCUT2D eigenvalue weighted by molar-refractivity contribution is 5.82. The fraction of sp³-hybridized carbons (Fsp3) is 0.833. The van der Waals surface area contributed by atoms with Crippen LogP contribution in [0, 0.1) is 0 Å². The number of aliphatic carboxylic acids is 1. The summed E-state index contributed by atoms with van der Waals surface area (Å²) >= 11 is 0. The summed E-state index contributed by atoms with van der Waals surface area (Å²) in [6, 6.07) is -1.40. The standard InChI is InChI=1S/C12H22N2O5/c1-18-8-5-10(11(15)16)14-12(17)13-6-4-9-3-2-7-19-9/h9-10H,2-8H2,1H3,(H,15,16)(H2,13,14,17). The van der Waals surface area contributed by atoms with Crippen molar-refractivity contribution in [2.24, 2.45) is 0 Å². The molecule has 7 nitrogen and oxygen atoms in total. The molecular weight excluding hydrogens is 252 g/mol. The van der Waals surface area contributed by atoms with Gasteiger partial charge in [-0.25, -0.2) is 9.59 Å². The third-order valence-corrected chi connectivity index (χ3v) is 2.99. The number of ether oxygens (including phenoxy) is 2. The highest BCUT2D eigenvalue weighted by Crippen LogP contribution is 2.14. The molecule has 0 aromatic carbocycles. The van der Waals surface area contributed by atoms with Gasteiger partial charge in [0.05, 0.1) is 6.10 Å². The van der Waals surface area contributed by atoms with Crippen LogP contribution in [0.2, 0.25) is 0 Å². The van der Waals surface area contributed by atoms with Gasteiger partial charge in [0.2, 0.25) is 0 Å². The summed E-state index contributed by atoms with van der Waals surface area (Å²) in [6.45, 7) is 1.55. The molecule has 0 bridgehead atoms. The molecule has 7 heteroatoms. The van der Waals surface area contributed by atoms with E-state index in [1.54, 1.807) is 0 Å². The van der Waals surface area contributed by atoms with Crippen LogP contribution in [-0.2, 0) is 14.3 Å². The minimum atomic E-state index is -1.06. The molecular formula is C12H22N2O5. The van der Waals surface area contributed by atoms with Gasteiger partial charge in [0.15, 0.2) is 0 Å². The lowest BCUT2D eigenvalue weighted by Gasteiger charge is -2.15. The molecule has 1 aliphatic heterocycles. The molecule has 110 valence electrons. The van der Waals surface area contributed by atoms with Crippen molar-refractivity contribution in [3.8, 4) is 0 Å². The number of amides is 2. The molecule has 0 saturated carbocycles. The van der Waals surface area contributed by atoms with E-state index < -0.39 is 18.0 Å². The van der Waals surface area contributed by atoms with Crippen molar-refractivity contribution >= 4 is 12.0 Å². The van der Waals surface area contributed by atoms with Crippen molar-refractivity contribution in [3.05, 3.63) is 0 Å². The third kappa shape index (κ3) is 6.40. The van der Waals surface area contributed by atoms with Crippen molar-refractivity contribution in [1.29, 1.82) is 0 Å². The van der Waals surface area contributed by atoms with E-state index in [0.29, 0.717) is 6.54 Å². The lowest BCUT2D eigenvalue weighted by atomic mass is 10.2. The topological polar surface area (TPSA) is 96.9 Å². The van der Waals surface area contributed by atoms with Crippen molar-refractivity contribution in [2.75, 3.05) is 26.9 Å². The number of carboxylic acids is 1. The van der Waals surface area contributed by atoms with Gasteiger partial charge in [-0.1, -0.05) is 0 Å². The number of rotatable bonds is 8. The summed E-state index contributed by atoms with van der Waals surface area (Å²) < 4.78 is 10.2. The molecule has 19 heavy (non-hydrogen) atoms. The van der Waals surface area contributed by atoms with Crippen molar-refractivity contribution in [1.82, 2.24) is 10.6 Å². The minimum absolute atomic E-state index is 0.212. The smallest absolute Gasteiger partial charge is 0.326 e. The number of urea groups is 1. The van der Waals surface area contributed by atoms with Crippen LogP contribution in [0.1, 0.15) is 25.7 Å². The zero-order valence-electron chi connectivity index (χ0n) is 11.2. The molecule has 0 aromatic heterocycles. The Morgan fingerprint density at radius 2 is 2.32 bits per heavy atom. The molecule has 1 rings (SSSR count). The lowest BCUT2D eigenvalue weighted by molar-refractivity contribution is -0.139. The van der Waals surface area contributed by atoms with E-state index in [1.807, 2.05) is 0 Å². The number of hydrogen-bond acceptors (Lipinski definition) is 4. The first-order valence-corrected chi connectivity index (χ1v) is 6.51. The van der Waals surface area contributed by atoms with E-state index in [9.17, 15) is 9.59 Å². The van der Waals surface area contributed by atoms with Crippen molar-refractivity contribution in [3.63, 3.8) is 0 Å². The van der Waals surface area contributed by atoms with Crippen molar-refractivity contribution in [2.45, 2.75) is 37.8 Å². The summed E-state index contributed by atoms with van der Waals surface area (Å²) in [4.78, 5) is 22.4. The summed E-state index contributed by atoms with van der Waals surface area (Å²) in [6.07, 6.45) is 3.29.